The van der Waals surface area contributed by atoms with E-state index in [2.05, 4.69) is 0 Å². The number of carboxylic acids is 1. The lowest BCUT2D eigenvalue weighted by Crippen LogP contribution is -2.32. The summed E-state index contributed by atoms with van der Waals surface area (Å²) >= 11 is 0. The van der Waals surface area contributed by atoms with E-state index in [0.29, 0.717) is 16.9 Å². The van der Waals surface area contributed by atoms with Gasteiger partial charge in [0, 0.05) is 29.8 Å². The molecule has 0 unspecified atom stereocenters. The first-order chi connectivity index (χ1) is 15.7. The first-order valence-corrected chi connectivity index (χ1v) is 9.71. The highest BCUT2D eigenvalue weighted by Crippen LogP contribution is 2.33. The Hall–Kier alpha value is -4.01. The van der Waals surface area contributed by atoms with Gasteiger partial charge >= 0.3 is 5.97 Å². The van der Waals surface area contributed by atoms with Gasteiger partial charge in [0.25, 0.3) is 5.91 Å². The summed E-state index contributed by atoms with van der Waals surface area (Å²) in [6, 6.07) is 12.0. The second-order valence-electron chi connectivity index (χ2n) is 7.14. The van der Waals surface area contributed by atoms with Crippen LogP contribution >= 0.6 is 0 Å². The van der Waals surface area contributed by atoms with Gasteiger partial charge in [-0.2, -0.15) is 0 Å². The number of carbonyl (C=O) groups excluding carboxylic acids is 1. The number of halogens is 3. The molecule has 0 aliphatic carbocycles. The van der Waals surface area contributed by atoms with Gasteiger partial charge in [0.1, 0.15) is 30.5 Å². The Balaban J connectivity index is 1.74. The third kappa shape index (κ3) is 5.62. The fourth-order valence-corrected chi connectivity index (χ4v) is 3.13. The largest absolute Gasteiger partial charge is 0.496 e. The van der Waals surface area contributed by atoms with E-state index >= 15 is 0 Å². The molecule has 0 aliphatic rings. The van der Waals surface area contributed by atoms with E-state index in [4.69, 9.17) is 14.6 Å². The fourth-order valence-electron chi connectivity index (χ4n) is 3.13. The minimum absolute atomic E-state index is 0.107. The van der Waals surface area contributed by atoms with Gasteiger partial charge < -0.3 is 19.5 Å². The molecule has 0 aliphatic heterocycles. The number of aliphatic carboxylic acids is 1. The minimum Gasteiger partial charge on any atom is -0.496 e. The third-order valence-electron chi connectivity index (χ3n) is 4.81. The molecule has 0 fully saturated rings. The Kier molecular flexibility index (Phi) is 7.22. The van der Waals surface area contributed by atoms with E-state index in [0.717, 1.165) is 23.1 Å². The van der Waals surface area contributed by atoms with Gasteiger partial charge in [-0.1, -0.05) is 12.1 Å². The maximum absolute atomic E-state index is 14.2. The van der Waals surface area contributed by atoms with Crippen molar-refractivity contribution in [2.75, 3.05) is 20.7 Å². The van der Waals surface area contributed by atoms with Crippen molar-refractivity contribution in [3.8, 4) is 22.6 Å². The number of rotatable bonds is 8. The molecular weight excluding hydrogens is 439 g/mol. The van der Waals surface area contributed by atoms with E-state index in [-0.39, 0.29) is 23.5 Å². The summed E-state index contributed by atoms with van der Waals surface area (Å²) in [4.78, 5) is 24.1. The molecule has 0 saturated carbocycles. The van der Waals surface area contributed by atoms with Gasteiger partial charge in [0.05, 0.1) is 7.11 Å². The zero-order valence-corrected chi connectivity index (χ0v) is 17.8. The molecule has 9 heteroatoms. The molecule has 0 heterocycles. The first-order valence-electron chi connectivity index (χ1n) is 9.71. The van der Waals surface area contributed by atoms with Crippen LogP contribution in [0.25, 0.3) is 11.1 Å². The number of hydrogen-bond acceptors (Lipinski definition) is 4. The molecule has 0 bridgehead atoms. The molecule has 33 heavy (non-hydrogen) atoms. The van der Waals surface area contributed by atoms with Gasteiger partial charge in [-0.15, -0.1) is 0 Å². The standard InChI is InChI=1S/C24H20F3NO5/c1-28(12-23(29)30)24(31)15-5-8-19(25)16(9-15)13-33-17-6-3-14(4-7-17)18-10-20(26)21(27)11-22(18)32-2/h3-11H,12-13H2,1-2H3,(H,29,30). The number of carbonyl (C=O) groups is 2. The Labute approximate surface area is 187 Å². The van der Waals surface area contributed by atoms with Crippen molar-refractivity contribution in [1.29, 1.82) is 0 Å². The zero-order valence-electron chi connectivity index (χ0n) is 17.8. The zero-order chi connectivity index (χ0) is 24.1. The quantitative estimate of drug-likeness (QED) is 0.536. The summed E-state index contributed by atoms with van der Waals surface area (Å²) in [5.41, 5.74) is 1.14. The molecule has 3 aromatic rings. The third-order valence-corrected chi connectivity index (χ3v) is 4.81. The molecule has 0 saturated heterocycles. The lowest BCUT2D eigenvalue weighted by molar-refractivity contribution is -0.137. The summed E-state index contributed by atoms with van der Waals surface area (Å²) in [7, 11) is 2.68. The predicted molar refractivity (Wildman–Crippen MR) is 114 cm³/mol. The number of amides is 1. The first kappa shape index (κ1) is 23.6. The topological polar surface area (TPSA) is 76.1 Å². The smallest absolute Gasteiger partial charge is 0.323 e. The van der Waals surface area contributed by atoms with Crippen molar-refractivity contribution in [2.24, 2.45) is 0 Å². The lowest BCUT2D eigenvalue weighted by atomic mass is 10.0. The highest BCUT2D eigenvalue weighted by molar-refractivity contribution is 5.95. The average Bonchev–Trinajstić information content (AvgIpc) is 2.79. The van der Waals surface area contributed by atoms with Crippen LogP contribution in [0.2, 0.25) is 0 Å². The van der Waals surface area contributed by atoms with E-state index in [1.807, 2.05) is 0 Å². The van der Waals surface area contributed by atoms with E-state index in [1.165, 1.54) is 26.3 Å². The van der Waals surface area contributed by atoms with Crippen LogP contribution in [-0.4, -0.2) is 42.6 Å². The number of nitrogens with zero attached hydrogens (tertiary/aromatic N) is 1. The van der Waals surface area contributed by atoms with Gasteiger partial charge in [0.15, 0.2) is 11.6 Å². The highest BCUT2D eigenvalue weighted by atomic mass is 19.2. The van der Waals surface area contributed by atoms with Crippen molar-refractivity contribution >= 4 is 11.9 Å². The maximum Gasteiger partial charge on any atom is 0.323 e. The van der Waals surface area contributed by atoms with E-state index < -0.39 is 35.9 Å². The summed E-state index contributed by atoms with van der Waals surface area (Å²) in [5.74, 6) is -3.81. The molecule has 3 rings (SSSR count). The lowest BCUT2D eigenvalue weighted by Gasteiger charge is -2.15. The van der Waals surface area contributed by atoms with Gasteiger partial charge in [-0.3, -0.25) is 9.59 Å². The number of ether oxygens (including phenoxy) is 2. The Morgan fingerprint density at radius 1 is 0.939 bits per heavy atom. The number of likely N-dealkylation sites (N-methyl/N-ethyl adjacent to an activating group) is 1. The SMILES string of the molecule is COc1cc(F)c(F)cc1-c1ccc(OCc2cc(C(=O)N(C)CC(=O)O)ccc2F)cc1. The van der Waals surface area contributed by atoms with Gasteiger partial charge in [-0.05, 0) is 42.0 Å². The summed E-state index contributed by atoms with van der Waals surface area (Å²) in [6.07, 6.45) is 0. The van der Waals surface area contributed by atoms with Gasteiger partial charge in [-0.25, -0.2) is 13.2 Å². The van der Waals surface area contributed by atoms with Crippen molar-refractivity contribution in [1.82, 2.24) is 4.90 Å². The molecule has 3 aromatic carbocycles. The van der Waals surface area contributed by atoms with Crippen molar-refractivity contribution in [3.05, 3.63) is 83.2 Å². The molecule has 0 spiro atoms. The summed E-state index contributed by atoms with van der Waals surface area (Å²) < 4.78 is 52.0. The van der Waals surface area contributed by atoms with Crippen LogP contribution in [0.15, 0.2) is 54.6 Å². The maximum atomic E-state index is 14.2. The number of benzene rings is 3. The molecule has 0 radical (unpaired) electrons. The van der Waals surface area contributed by atoms with Crippen LogP contribution in [0.1, 0.15) is 15.9 Å². The van der Waals surface area contributed by atoms with Crippen LogP contribution in [0.5, 0.6) is 11.5 Å². The highest BCUT2D eigenvalue weighted by Gasteiger charge is 2.17. The van der Waals surface area contributed by atoms with Crippen molar-refractivity contribution in [3.63, 3.8) is 0 Å². The van der Waals surface area contributed by atoms with Crippen LogP contribution in [0.4, 0.5) is 13.2 Å². The van der Waals surface area contributed by atoms with E-state index in [9.17, 15) is 22.8 Å². The molecule has 172 valence electrons. The molecule has 1 amide bonds. The van der Waals surface area contributed by atoms with Crippen LogP contribution < -0.4 is 9.47 Å². The van der Waals surface area contributed by atoms with E-state index in [1.54, 1.807) is 24.3 Å². The Morgan fingerprint density at radius 3 is 2.24 bits per heavy atom. The van der Waals surface area contributed by atoms with Crippen LogP contribution in [-0.2, 0) is 11.4 Å². The second-order valence-corrected chi connectivity index (χ2v) is 7.14. The molecule has 6 nitrogen and oxygen atoms in total. The van der Waals surface area contributed by atoms with Crippen LogP contribution in [0, 0.1) is 17.5 Å². The normalized spacial score (nSPS) is 10.6. The van der Waals surface area contributed by atoms with Gasteiger partial charge in [0.2, 0.25) is 0 Å². The summed E-state index contributed by atoms with van der Waals surface area (Å²) in [5, 5.41) is 8.82. The molecule has 0 atom stereocenters. The van der Waals surface area contributed by atoms with Crippen LogP contribution in [0.3, 0.4) is 0 Å². The number of methoxy groups -OCH3 is 1. The molecular formula is C24H20F3NO5. The average molecular weight is 459 g/mol. The number of hydrogen-bond donors (Lipinski definition) is 1. The number of carboxylic acid groups (broad SMARTS) is 1. The van der Waals surface area contributed by atoms with Crippen molar-refractivity contribution < 1.29 is 37.3 Å². The minimum atomic E-state index is -1.17. The Bertz CT molecular complexity index is 1180. The predicted octanol–water partition coefficient (Wildman–Crippen LogP) is 4.52. The molecule has 0 aromatic heterocycles. The fraction of sp³-hybridized carbons (Fsp3) is 0.167. The monoisotopic (exact) mass is 459 g/mol. The second kappa shape index (κ2) is 10.1. The molecule has 1 N–H and O–H groups in total. The Morgan fingerprint density at radius 2 is 1.61 bits per heavy atom. The van der Waals surface area contributed by atoms with Crippen molar-refractivity contribution in [2.45, 2.75) is 6.61 Å². The summed E-state index contributed by atoms with van der Waals surface area (Å²) in [6.45, 7) is -0.680.